The van der Waals surface area contributed by atoms with Crippen molar-refractivity contribution >= 4 is 5.78 Å². The molecule has 0 bridgehead atoms. The molecule has 5 nitrogen and oxygen atoms in total. The van der Waals surface area contributed by atoms with Crippen LogP contribution in [0.2, 0.25) is 0 Å². The van der Waals surface area contributed by atoms with Gasteiger partial charge in [-0.05, 0) is 29.8 Å². The lowest BCUT2D eigenvalue weighted by Crippen LogP contribution is -2.21. The summed E-state index contributed by atoms with van der Waals surface area (Å²) in [4.78, 5) is 12.4. The minimum atomic E-state index is -0.415. The van der Waals surface area contributed by atoms with Gasteiger partial charge >= 0.3 is 0 Å². The third-order valence-corrected chi connectivity index (χ3v) is 3.70. The van der Waals surface area contributed by atoms with Crippen LogP contribution in [0.5, 0.6) is 23.0 Å². The van der Waals surface area contributed by atoms with E-state index in [1.165, 1.54) is 14.2 Å². The Bertz CT molecular complexity index is 706. The van der Waals surface area contributed by atoms with Gasteiger partial charge < -0.3 is 19.3 Å². The third kappa shape index (κ3) is 2.35. The predicted molar refractivity (Wildman–Crippen MR) is 80.0 cm³/mol. The summed E-state index contributed by atoms with van der Waals surface area (Å²) in [5.41, 5.74) is 1.31. The lowest BCUT2D eigenvalue weighted by Gasteiger charge is -2.27. The van der Waals surface area contributed by atoms with Crippen molar-refractivity contribution in [2.75, 3.05) is 14.2 Å². The second kappa shape index (κ2) is 5.60. The Morgan fingerprint density at radius 1 is 1.09 bits per heavy atom. The minimum absolute atomic E-state index is 0.0136. The van der Waals surface area contributed by atoms with Gasteiger partial charge in [0.15, 0.2) is 17.3 Å². The topological polar surface area (TPSA) is 65.0 Å². The molecule has 0 spiro atoms. The zero-order valence-electron chi connectivity index (χ0n) is 12.3. The van der Waals surface area contributed by atoms with Crippen LogP contribution in [0, 0.1) is 0 Å². The Morgan fingerprint density at radius 3 is 2.45 bits per heavy atom. The van der Waals surface area contributed by atoms with Crippen LogP contribution in [-0.2, 0) is 0 Å². The maximum absolute atomic E-state index is 12.4. The largest absolute Gasteiger partial charge is 0.508 e. The van der Waals surface area contributed by atoms with Crippen LogP contribution in [0.1, 0.15) is 28.4 Å². The van der Waals surface area contributed by atoms with Gasteiger partial charge in [-0.25, -0.2) is 0 Å². The fourth-order valence-electron chi connectivity index (χ4n) is 2.57. The van der Waals surface area contributed by atoms with Crippen molar-refractivity contribution in [3.05, 3.63) is 47.5 Å². The van der Waals surface area contributed by atoms with Crippen LogP contribution in [0.3, 0.4) is 0 Å². The van der Waals surface area contributed by atoms with Gasteiger partial charge in [0, 0.05) is 0 Å². The molecule has 1 atom stereocenters. The van der Waals surface area contributed by atoms with Crippen molar-refractivity contribution in [3.63, 3.8) is 0 Å². The average Bonchev–Trinajstić information content (AvgIpc) is 2.54. The van der Waals surface area contributed by atoms with Gasteiger partial charge in [0.05, 0.1) is 26.2 Å². The number of benzene rings is 2. The highest BCUT2D eigenvalue weighted by Gasteiger charge is 2.31. The molecule has 0 radical (unpaired) electrons. The molecule has 5 heteroatoms. The summed E-state index contributed by atoms with van der Waals surface area (Å²) in [6.45, 7) is 0. The van der Waals surface area contributed by atoms with Crippen molar-refractivity contribution in [1.29, 1.82) is 0 Å². The fraction of sp³-hybridized carbons (Fsp3) is 0.235. The first-order valence-electron chi connectivity index (χ1n) is 6.87. The average molecular weight is 300 g/mol. The van der Waals surface area contributed by atoms with Crippen LogP contribution < -0.4 is 14.2 Å². The van der Waals surface area contributed by atoms with Gasteiger partial charge in [-0.15, -0.1) is 0 Å². The zero-order chi connectivity index (χ0) is 15.7. The van der Waals surface area contributed by atoms with Crippen LogP contribution in [-0.4, -0.2) is 25.1 Å². The molecule has 114 valence electrons. The van der Waals surface area contributed by atoms with E-state index in [1.807, 2.05) is 0 Å². The van der Waals surface area contributed by atoms with E-state index in [0.717, 1.165) is 5.56 Å². The minimum Gasteiger partial charge on any atom is -0.508 e. The van der Waals surface area contributed by atoms with Gasteiger partial charge in [0.2, 0.25) is 5.75 Å². The molecule has 1 heterocycles. The molecule has 0 saturated heterocycles. The van der Waals surface area contributed by atoms with E-state index in [-0.39, 0.29) is 18.0 Å². The van der Waals surface area contributed by atoms with Gasteiger partial charge in [-0.2, -0.15) is 0 Å². The highest BCUT2D eigenvalue weighted by Crippen LogP contribution is 2.45. The Labute approximate surface area is 128 Å². The zero-order valence-corrected chi connectivity index (χ0v) is 12.3. The highest BCUT2D eigenvalue weighted by molar-refractivity contribution is 6.01. The summed E-state index contributed by atoms with van der Waals surface area (Å²) in [6, 6.07) is 10.0. The lowest BCUT2D eigenvalue weighted by molar-refractivity contribution is 0.0841. The standard InChI is InChI=1S/C17H16O5/c1-20-14-8-7-12-13(19)9-15(22-16(12)17(14)21-2)10-3-5-11(18)6-4-10/h3-8,15,18H,9H2,1-2H3/t15-/m0/s1. The first kappa shape index (κ1) is 14.3. The number of hydrogen-bond donors (Lipinski definition) is 1. The number of fused-ring (bicyclic) bond motifs is 1. The Morgan fingerprint density at radius 2 is 1.82 bits per heavy atom. The summed E-state index contributed by atoms with van der Waals surface area (Å²) in [7, 11) is 3.04. The van der Waals surface area contributed by atoms with E-state index in [0.29, 0.717) is 22.8 Å². The van der Waals surface area contributed by atoms with E-state index in [9.17, 15) is 9.90 Å². The molecule has 0 aromatic heterocycles. The van der Waals surface area contributed by atoms with Crippen LogP contribution in [0.15, 0.2) is 36.4 Å². The predicted octanol–water partition coefficient (Wildman–Crippen LogP) is 3.12. The van der Waals surface area contributed by atoms with Crippen molar-refractivity contribution in [2.45, 2.75) is 12.5 Å². The number of ether oxygens (including phenoxy) is 3. The number of hydrogen-bond acceptors (Lipinski definition) is 5. The second-order valence-electron chi connectivity index (χ2n) is 5.00. The summed E-state index contributed by atoms with van der Waals surface area (Å²) in [5.74, 6) is 1.49. The highest BCUT2D eigenvalue weighted by atomic mass is 16.5. The van der Waals surface area contributed by atoms with Crippen molar-refractivity contribution < 1.29 is 24.1 Å². The van der Waals surface area contributed by atoms with Gasteiger partial charge in [0.1, 0.15) is 11.9 Å². The molecule has 1 N–H and O–H groups in total. The van der Waals surface area contributed by atoms with Gasteiger partial charge in [-0.1, -0.05) is 12.1 Å². The molecular formula is C17H16O5. The lowest BCUT2D eigenvalue weighted by atomic mass is 9.95. The van der Waals surface area contributed by atoms with Crippen molar-refractivity contribution in [1.82, 2.24) is 0 Å². The Hall–Kier alpha value is -2.69. The van der Waals surface area contributed by atoms with Gasteiger partial charge in [0.25, 0.3) is 0 Å². The summed E-state index contributed by atoms with van der Waals surface area (Å²) < 4.78 is 16.6. The third-order valence-electron chi connectivity index (χ3n) is 3.70. The molecule has 1 aliphatic heterocycles. The van der Waals surface area contributed by atoms with E-state index in [2.05, 4.69) is 0 Å². The number of aromatic hydroxyl groups is 1. The Kier molecular flexibility index (Phi) is 3.63. The molecular weight excluding hydrogens is 284 g/mol. The molecule has 0 unspecified atom stereocenters. The number of methoxy groups -OCH3 is 2. The smallest absolute Gasteiger partial charge is 0.204 e. The quantitative estimate of drug-likeness (QED) is 0.943. The normalized spacial score (nSPS) is 16.6. The van der Waals surface area contributed by atoms with Crippen molar-refractivity contribution in [3.8, 4) is 23.0 Å². The van der Waals surface area contributed by atoms with E-state index < -0.39 is 6.10 Å². The van der Waals surface area contributed by atoms with Crippen molar-refractivity contribution in [2.24, 2.45) is 0 Å². The number of carbonyl (C=O) groups is 1. The molecule has 2 aromatic rings. The Balaban J connectivity index is 2.03. The molecule has 0 amide bonds. The maximum Gasteiger partial charge on any atom is 0.204 e. The molecule has 0 fully saturated rings. The second-order valence-corrected chi connectivity index (χ2v) is 5.00. The number of carbonyl (C=O) groups excluding carboxylic acids is 1. The number of phenolic OH excluding ortho intramolecular Hbond substituents is 1. The molecule has 2 aromatic carbocycles. The first-order chi connectivity index (χ1) is 10.6. The van der Waals surface area contributed by atoms with E-state index in [1.54, 1.807) is 36.4 Å². The SMILES string of the molecule is COc1ccc2c(c1OC)O[C@H](c1ccc(O)cc1)CC2=O. The number of ketones is 1. The molecule has 22 heavy (non-hydrogen) atoms. The van der Waals surface area contributed by atoms with Crippen LogP contribution in [0.4, 0.5) is 0 Å². The number of rotatable bonds is 3. The monoisotopic (exact) mass is 300 g/mol. The van der Waals surface area contributed by atoms with Crippen LogP contribution in [0.25, 0.3) is 0 Å². The van der Waals surface area contributed by atoms with E-state index >= 15 is 0 Å². The first-order valence-corrected chi connectivity index (χ1v) is 6.87. The number of Topliss-reactive ketones (excluding diaryl/α,β-unsaturated/α-hetero) is 1. The van der Waals surface area contributed by atoms with Crippen LogP contribution >= 0.6 is 0 Å². The molecule has 3 rings (SSSR count). The molecule has 0 saturated carbocycles. The fourth-order valence-corrected chi connectivity index (χ4v) is 2.57. The summed E-state index contributed by atoms with van der Waals surface area (Å²) in [6.07, 6.45) is -0.172. The van der Waals surface area contributed by atoms with E-state index in [4.69, 9.17) is 14.2 Å². The molecule has 0 aliphatic carbocycles. The van der Waals surface area contributed by atoms with Gasteiger partial charge in [-0.3, -0.25) is 4.79 Å². The molecule has 1 aliphatic rings. The maximum atomic E-state index is 12.4. The summed E-state index contributed by atoms with van der Waals surface area (Å²) >= 11 is 0. The number of phenols is 1. The summed E-state index contributed by atoms with van der Waals surface area (Å²) in [5, 5.41) is 9.37.